The first-order valence-electron chi connectivity index (χ1n) is 7.62. The molecule has 106 valence electrons. The van der Waals surface area contributed by atoms with E-state index in [1.54, 1.807) is 0 Å². The minimum absolute atomic E-state index is 0.284. The summed E-state index contributed by atoms with van der Waals surface area (Å²) in [5.74, 6) is 0. The third-order valence-corrected chi connectivity index (χ3v) is 5.74. The summed E-state index contributed by atoms with van der Waals surface area (Å²) in [7, 11) is 0. The van der Waals surface area contributed by atoms with Crippen molar-refractivity contribution in [3.05, 3.63) is 33.6 Å². The summed E-state index contributed by atoms with van der Waals surface area (Å²) in [6.07, 6.45) is 7.65. The second kappa shape index (κ2) is 4.71. The smallest absolute Gasteiger partial charge is 0.194 e. The fourth-order valence-electron chi connectivity index (χ4n) is 3.58. The maximum atomic E-state index is 10.2. The Morgan fingerprint density at radius 1 is 1.25 bits per heavy atom. The first kappa shape index (κ1) is 12.6. The number of aliphatic hydroxyl groups excluding tert-OH is 1. The van der Waals surface area contributed by atoms with Crippen molar-refractivity contribution in [1.29, 1.82) is 0 Å². The molecule has 0 spiro atoms. The largest absolute Gasteiger partial charge is 0.388 e. The van der Waals surface area contributed by atoms with Gasteiger partial charge in [-0.3, -0.25) is 4.57 Å². The third kappa shape index (κ3) is 1.85. The van der Waals surface area contributed by atoms with E-state index in [1.165, 1.54) is 41.2 Å². The van der Waals surface area contributed by atoms with Gasteiger partial charge in [0.1, 0.15) is 0 Å². The lowest BCUT2D eigenvalue weighted by molar-refractivity contribution is 0.156. The molecule has 4 heteroatoms. The molecule has 2 aliphatic rings. The van der Waals surface area contributed by atoms with E-state index in [9.17, 15) is 5.11 Å². The van der Waals surface area contributed by atoms with Crippen molar-refractivity contribution < 1.29 is 5.11 Å². The van der Waals surface area contributed by atoms with Gasteiger partial charge in [-0.05, 0) is 57.9 Å². The van der Waals surface area contributed by atoms with Gasteiger partial charge in [0, 0.05) is 21.8 Å². The molecule has 0 bridgehead atoms. The average molecular weight is 288 g/mol. The first-order valence-corrected chi connectivity index (χ1v) is 8.44. The average Bonchev–Trinajstić information content (AvgIpc) is 2.99. The Hall–Kier alpha value is -1.13. The maximum absolute atomic E-state index is 10.2. The Bertz CT molecular complexity index is 632. The maximum Gasteiger partial charge on any atom is 0.194 e. The SMILES string of the molecule is Cc1cc2c(n1-c1nc3c(s1)CCCC3)CCCC2O. The number of fused-ring (bicyclic) bond motifs is 2. The number of nitrogens with zero attached hydrogens (tertiary/aromatic N) is 2. The van der Waals surface area contributed by atoms with E-state index in [4.69, 9.17) is 4.98 Å². The lowest BCUT2D eigenvalue weighted by Gasteiger charge is -2.19. The summed E-state index contributed by atoms with van der Waals surface area (Å²) in [5, 5.41) is 11.3. The number of rotatable bonds is 1. The van der Waals surface area contributed by atoms with Crippen molar-refractivity contribution in [3.63, 3.8) is 0 Å². The molecule has 0 amide bonds. The highest BCUT2D eigenvalue weighted by Crippen LogP contribution is 2.36. The number of aryl methyl sites for hydroxylation is 3. The van der Waals surface area contributed by atoms with Crippen molar-refractivity contribution in [3.8, 4) is 5.13 Å². The van der Waals surface area contributed by atoms with Crippen molar-refractivity contribution in [1.82, 2.24) is 9.55 Å². The number of aliphatic hydroxyl groups is 1. The van der Waals surface area contributed by atoms with E-state index >= 15 is 0 Å². The van der Waals surface area contributed by atoms with Crippen molar-refractivity contribution in [2.45, 2.75) is 58.0 Å². The van der Waals surface area contributed by atoms with E-state index in [2.05, 4.69) is 17.6 Å². The van der Waals surface area contributed by atoms with Crippen LogP contribution in [0.1, 0.15) is 59.3 Å². The summed E-state index contributed by atoms with van der Waals surface area (Å²) in [4.78, 5) is 6.36. The molecule has 0 saturated carbocycles. The van der Waals surface area contributed by atoms with Gasteiger partial charge in [0.2, 0.25) is 0 Å². The van der Waals surface area contributed by atoms with Crippen LogP contribution < -0.4 is 0 Å². The van der Waals surface area contributed by atoms with E-state index in [0.29, 0.717) is 0 Å². The topological polar surface area (TPSA) is 38.0 Å². The molecule has 0 fully saturated rings. The lowest BCUT2D eigenvalue weighted by Crippen LogP contribution is -2.11. The number of hydrogen-bond donors (Lipinski definition) is 1. The van der Waals surface area contributed by atoms with Gasteiger partial charge < -0.3 is 5.11 Å². The van der Waals surface area contributed by atoms with Crippen molar-refractivity contribution >= 4 is 11.3 Å². The standard InChI is InChI=1S/C16H20N2OS/c1-10-9-11-13(6-4-7-14(11)19)18(10)16-17-12-5-2-3-8-15(12)20-16/h9,14,19H,2-8H2,1H3. The summed E-state index contributed by atoms with van der Waals surface area (Å²) >= 11 is 1.85. The van der Waals surface area contributed by atoms with E-state index in [1.807, 2.05) is 11.3 Å². The summed E-state index contributed by atoms with van der Waals surface area (Å²) in [6.45, 7) is 2.13. The fraction of sp³-hybridized carbons (Fsp3) is 0.562. The molecule has 0 aromatic carbocycles. The number of hydrogen-bond acceptors (Lipinski definition) is 3. The fourth-order valence-corrected chi connectivity index (χ4v) is 4.81. The monoisotopic (exact) mass is 288 g/mol. The molecule has 0 saturated heterocycles. The molecule has 2 aromatic rings. The van der Waals surface area contributed by atoms with Crippen LogP contribution in [0.25, 0.3) is 5.13 Å². The number of thiazole rings is 1. The van der Waals surface area contributed by atoms with Crippen LogP contribution >= 0.6 is 11.3 Å². The van der Waals surface area contributed by atoms with Gasteiger partial charge in [-0.25, -0.2) is 4.98 Å². The second-order valence-corrected chi connectivity index (χ2v) is 7.07. The van der Waals surface area contributed by atoms with E-state index < -0.39 is 0 Å². The minimum Gasteiger partial charge on any atom is -0.388 e. The third-order valence-electron chi connectivity index (χ3n) is 4.60. The highest BCUT2D eigenvalue weighted by molar-refractivity contribution is 7.14. The molecule has 2 heterocycles. The molecule has 4 rings (SSSR count). The predicted octanol–water partition coefficient (Wildman–Crippen LogP) is 3.49. The van der Waals surface area contributed by atoms with E-state index in [0.717, 1.165) is 36.4 Å². The predicted molar refractivity (Wildman–Crippen MR) is 80.7 cm³/mol. The van der Waals surface area contributed by atoms with Crippen molar-refractivity contribution in [2.75, 3.05) is 0 Å². The minimum atomic E-state index is -0.284. The molecule has 3 nitrogen and oxygen atoms in total. The normalized spacial score (nSPS) is 21.6. The van der Waals surface area contributed by atoms with Gasteiger partial charge in [-0.15, -0.1) is 11.3 Å². The van der Waals surface area contributed by atoms with Gasteiger partial charge in [-0.2, -0.15) is 0 Å². The van der Waals surface area contributed by atoms with Crippen molar-refractivity contribution in [2.24, 2.45) is 0 Å². The highest BCUT2D eigenvalue weighted by Gasteiger charge is 2.25. The van der Waals surface area contributed by atoms with Gasteiger partial charge in [-0.1, -0.05) is 0 Å². The quantitative estimate of drug-likeness (QED) is 0.872. The summed E-state index contributed by atoms with van der Waals surface area (Å²) in [5.41, 5.74) is 4.94. The summed E-state index contributed by atoms with van der Waals surface area (Å²) < 4.78 is 2.29. The van der Waals surface area contributed by atoms with Crippen LogP contribution in [0.3, 0.4) is 0 Å². The molecule has 1 unspecified atom stereocenters. The summed E-state index contributed by atoms with van der Waals surface area (Å²) in [6, 6.07) is 2.15. The van der Waals surface area contributed by atoms with Crippen LogP contribution in [-0.2, 0) is 19.3 Å². The zero-order chi connectivity index (χ0) is 13.7. The second-order valence-electron chi connectivity index (χ2n) is 6.00. The van der Waals surface area contributed by atoms with Crippen LogP contribution in [0.5, 0.6) is 0 Å². The zero-order valence-corrected chi connectivity index (χ0v) is 12.7. The van der Waals surface area contributed by atoms with Crippen LogP contribution in [0, 0.1) is 6.92 Å². The Kier molecular flexibility index (Phi) is 2.97. The van der Waals surface area contributed by atoms with Crippen LogP contribution in [0.4, 0.5) is 0 Å². The Labute approximate surface area is 123 Å². The van der Waals surface area contributed by atoms with Gasteiger partial charge >= 0.3 is 0 Å². The molecule has 2 aromatic heterocycles. The highest BCUT2D eigenvalue weighted by atomic mass is 32.1. The molecule has 0 aliphatic heterocycles. The molecular formula is C16H20N2OS. The molecule has 2 aliphatic carbocycles. The van der Waals surface area contributed by atoms with E-state index in [-0.39, 0.29) is 6.10 Å². The Morgan fingerprint density at radius 3 is 2.95 bits per heavy atom. The van der Waals surface area contributed by atoms with Crippen LogP contribution in [0.2, 0.25) is 0 Å². The van der Waals surface area contributed by atoms with Gasteiger partial charge in [0.05, 0.1) is 11.8 Å². The molecule has 1 N–H and O–H groups in total. The number of aromatic nitrogens is 2. The Morgan fingerprint density at radius 2 is 2.10 bits per heavy atom. The molecule has 0 radical (unpaired) electrons. The first-order chi connectivity index (χ1) is 9.74. The molecular weight excluding hydrogens is 268 g/mol. The van der Waals surface area contributed by atoms with Gasteiger partial charge in [0.15, 0.2) is 5.13 Å². The lowest BCUT2D eigenvalue weighted by atomic mass is 9.95. The van der Waals surface area contributed by atoms with Crippen LogP contribution in [-0.4, -0.2) is 14.7 Å². The molecule has 1 atom stereocenters. The van der Waals surface area contributed by atoms with Gasteiger partial charge in [0.25, 0.3) is 0 Å². The molecule has 20 heavy (non-hydrogen) atoms. The zero-order valence-electron chi connectivity index (χ0n) is 11.9. The Balaban J connectivity index is 1.84. The van der Waals surface area contributed by atoms with Crippen LogP contribution in [0.15, 0.2) is 6.07 Å².